The summed E-state index contributed by atoms with van der Waals surface area (Å²) in [6.45, 7) is 15.7. The first-order valence-corrected chi connectivity index (χ1v) is 13.4. The summed E-state index contributed by atoms with van der Waals surface area (Å²) in [4.78, 5) is 44.8. The molecule has 0 aliphatic carbocycles. The number of carbonyl (C=O) groups is 3. The van der Waals surface area contributed by atoms with Crippen molar-refractivity contribution in [1.29, 1.82) is 0 Å². The second-order valence-corrected chi connectivity index (χ2v) is 11.7. The Bertz CT molecular complexity index is 817. The summed E-state index contributed by atoms with van der Waals surface area (Å²) in [5.74, 6) is -1.96. The van der Waals surface area contributed by atoms with E-state index in [1.807, 2.05) is 25.7 Å². The smallest absolute Gasteiger partial charge is 0.311 e. The van der Waals surface area contributed by atoms with Gasteiger partial charge < -0.3 is 19.6 Å². The molecule has 0 saturated carbocycles. The summed E-state index contributed by atoms with van der Waals surface area (Å²) in [6.07, 6.45) is 6.47. The van der Waals surface area contributed by atoms with E-state index in [-0.39, 0.29) is 42.2 Å². The summed E-state index contributed by atoms with van der Waals surface area (Å²) in [6, 6.07) is -1.24. The van der Waals surface area contributed by atoms with Crippen molar-refractivity contribution in [3.63, 3.8) is 0 Å². The zero-order valence-corrected chi connectivity index (χ0v) is 21.8. The first-order chi connectivity index (χ1) is 16.2. The Morgan fingerprint density at radius 3 is 2.59 bits per heavy atom. The van der Waals surface area contributed by atoms with E-state index in [1.165, 1.54) is 6.08 Å². The van der Waals surface area contributed by atoms with E-state index < -0.39 is 34.6 Å². The number of aliphatic hydroxyl groups is 1. The summed E-state index contributed by atoms with van der Waals surface area (Å²) in [5, 5.41) is 10.2. The van der Waals surface area contributed by atoms with Crippen molar-refractivity contribution in [1.82, 2.24) is 9.80 Å². The second kappa shape index (κ2) is 10.9. The van der Waals surface area contributed by atoms with Gasteiger partial charge in [0.2, 0.25) is 11.8 Å². The molecule has 1 spiro atoms. The minimum absolute atomic E-state index is 0.00788. The monoisotopic (exact) mass is 492 g/mol. The number of fused-ring (bicyclic) bond motifs is 1. The largest absolute Gasteiger partial charge is 0.461 e. The molecule has 34 heavy (non-hydrogen) atoms. The zero-order chi connectivity index (χ0) is 25.2. The number of hydrogen-bond acceptors (Lipinski definition) is 6. The lowest BCUT2D eigenvalue weighted by molar-refractivity contribution is -0.154. The normalized spacial score (nSPS) is 31.4. The SMILES string of the molecule is C=CCOC(=O)[C@@H]1[C@@H]2CCC3(S2)C(C(=O)N(CC=C)C(C)CCC)N([C@@H](CO)C(C)C)C(=O)[C@H]13. The number of likely N-dealkylation sites (tertiary alicyclic amines) is 1. The highest BCUT2D eigenvalue weighted by molar-refractivity contribution is 8.02. The molecule has 3 heterocycles. The van der Waals surface area contributed by atoms with E-state index in [1.54, 1.807) is 22.7 Å². The number of hydrogen-bond donors (Lipinski definition) is 1. The molecule has 7 nitrogen and oxygen atoms in total. The van der Waals surface area contributed by atoms with Crippen molar-refractivity contribution in [2.75, 3.05) is 19.8 Å². The molecule has 3 fully saturated rings. The van der Waals surface area contributed by atoms with Gasteiger partial charge >= 0.3 is 5.97 Å². The second-order valence-electron chi connectivity index (χ2n) is 10.1. The highest BCUT2D eigenvalue weighted by Crippen LogP contribution is 2.67. The van der Waals surface area contributed by atoms with Crippen molar-refractivity contribution in [2.45, 2.75) is 81.5 Å². The lowest BCUT2D eigenvalue weighted by Crippen LogP contribution is -2.59. The van der Waals surface area contributed by atoms with Crippen LogP contribution >= 0.6 is 11.8 Å². The van der Waals surface area contributed by atoms with Gasteiger partial charge in [-0.15, -0.1) is 18.3 Å². The Balaban J connectivity index is 2.09. The van der Waals surface area contributed by atoms with Crippen LogP contribution in [0.25, 0.3) is 0 Å². The van der Waals surface area contributed by atoms with Gasteiger partial charge in [-0.25, -0.2) is 0 Å². The van der Waals surface area contributed by atoms with Gasteiger partial charge in [-0.3, -0.25) is 14.4 Å². The number of rotatable bonds is 12. The molecule has 7 atom stereocenters. The Kier molecular flexibility index (Phi) is 8.56. The molecule has 3 aliphatic heterocycles. The molecule has 3 aliphatic rings. The Morgan fingerprint density at radius 1 is 1.32 bits per heavy atom. The molecule has 3 rings (SSSR count). The Labute approximate surface area is 208 Å². The Hall–Kier alpha value is -1.80. The number of carbonyl (C=O) groups excluding carboxylic acids is 3. The first kappa shape index (κ1) is 26.8. The van der Waals surface area contributed by atoms with Crippen molar-refractivity contribution in [3.05, 3.63) is 25.3 Å². The summed E-state index contributed by atoms with van der Waals surface area (Å²) in [7, 11) is 0. The van der Waals surface area contributed by atoms with Crippen LogP contribution in [0.4, 0.5) is 0 Å². The third-order valence-corrected chi connectivity index (χ3v) is 9.70. The molecular weight excluding hydrogens is 452 g/mol. The van der Waals surface area contributed by atoms with Crippen LogP contribution < -0.4 is 0 Å². The maximum absolute atomic E-state index is 14.3. The topological polar surface area (TPSA) is 87.2 Å². The molecule has 2 bridgehead atoms. The Morgan fingerprint density at radius 2 is 2.03 bits per heavy atom. The standard InChI is InChI=1S/C26H40N2O5S/c1-7-10-17(6)27(13-8-2)24(31)22-26-12-11-19(34-26)20(25(32)33-14-9-3)21(26)23(30)28(22)18(15-29)16(4)5/h8-9,16-22,29H,2-3,7,10-15H2,1,4-6H3/t17?,18-,19-,20+,21-,22?,26?/m0/s1. The summed E-state index contributed by atoms with van der Waals surface area (Å²) < 4.78 is 4.71. The van der Waals surface area contributed by atoms with E-state index in [4.69, 9.17) is 4.74 Å². The van der Waals surface area contributed by atoms with Crippen LogP contribution in [-0.2, 0) is 19.1 Å². The third-order valence-electron chi connectivity index (χ3n) is 7.75. The van der Waals surface area contributed by atoms with Gasteiger partial charge in [0, 0.05) is 17.8 Å². The van der Waals surface area contributed by atoms with E-state index in [2.05, 4.69) is 20.1 Å². The molecule has 0 radical (unpaired) electrons. The highest BCUT2D eigenvalue weighted by Gasteiger charge is 2.75. The molecule has 3 saturated heterocycles. The first-order valence-electron chi connectivity index (χ1n) is 12.5. The van der Waals surface area contributed by atoms with Crippen LogP contribution in [-0.4, -0.2) is 80.6 Å². The van der Waals surface area contributed by atoms with Crippen LogP contribution in [0.3, 0.4) is 0 Å². The minimum atomic E-state index is -0.726. The van der Waals surface area contributed by atoms with Crippen molar-refractivity contribution in [2.24, 2.45) is 17.8 Å². The van der Waals surface area contributed by atoms with Gasteiger partial charge in [-0.1, -0.05) is 45.9 Å². The average Bonchev–Trinajstić information content (AvgIpc) is 3.43. The van der Waals surface area contributed by atoms with Crippen LogP contribution in [0.15, 0.2) is 25.3 Å². The molecule has 2 amide bonds. The quantitative estimate of drug-likeness (QED) is 0.333. The van der Waals surface area contributed by atoms with Gasteiger partial charge in [0.25, 0.3) is 0 Å². The van der Waals surface area contributed by atoms with Gasteiger partial charge in [-0.05, 0) is 32.1 Å². The van der Waals surface area contributed by atoms with E-state index in [0.717, 1.165) is 19.3 Å². The van der Waals surface area contributed by atoms with Crippen LogP contribution in [0.2, 0.25) is 0 Å². The number of amides is 2. The number of esters is 1. The fraction of sp³-hybridized carbons (Fsp3) is 0.731. The number of nitrogens with zero attached hydrogens (tertiary/aromatic N) is 2. The van der Waals surface area contributed by atoms with Gasteiger partial charge in [0.05, 0.1) is 29.2 Å². The van der Waals surface area contributed by atoms with Gasteiger partial charge in [-0.2, -0.15) is 0 Å². The molecule has 0 aromatic rings. The minimum Gasteiger partial charge on any atom is -0.461 e. The predicted octanol–water partition coefficient (Wildman–Crippen LogP) is 3.03. The lowest BCUT2D eigenvalue weighted by Gasteiger charge is -2.42. The molecule has 0 aromatic heterocycles. The molecule has 1 N–H and O–H groups in total. The average molecular weight is 493 g/mol. The number of ether oxygens (including phenoxy) is 1. The van der Waals surface area contributed by atoms with Crippen LogP contribution in [0, 0.1) is 17.8 Å². The fourth-order valence-electron chi connectivity index (χ4n) is 6.21. The molecule has 3 unspecified atom stereocenters. The van der Waals surface area contributed by atoms with E-state index >= 15 is 0 Å². The highest BCUT2D eigenvalue weighted by atomic mass is 32.2. The summed E-state index contributed by atoms with van der Waals surface area (Å²) in [5.41, 5.74) is 0. The fourth-order valence-corrected chi connectivity index (χ4v) is 8.40. The molecule has 190 valence electrons. The lowest BCUT2D eigenvalue weighted by atomic mass is 9.71. The molecule has 8 heteroatoms. The maximum atomic E-state index is 14.3. The third kappa shape index (κ3) is 4.32. The summed E-state index contributed by atoms with van der Waals surface area (Å²) >= 11 is 1.62. The van der Waals surface area contributed by atoms with E-state index in [9.17, 15) is 19.5 Å². The van der Waals surface area contributed by atoms with E-state index in [0.29, 0.717) is 13.0 Å². The predicted molar refractivity (Wildman–Crippen MR) is 134 cm³/mol. The van der Waals surface area contributed by atoms with Crippen molar-refractivity contribution >= 4 is 29.5 Å². The van der Waals surface area contributed by atoms with Gasteiger partial charge in [0.1, 0.15) is 12.6 Å². The zero-order valence-electron chi connectivity index (χ0n) is 20.9. The van der Waals surface area contributed by atoms with Crippen molar-refractivity contribution in [3.8, 4) is 0 Å². The van der Waals surface area contributed by atoms with Crippen LogP contribution in [0.1, 0.15) is 53.4 Å². The van der Waals surface area contributed by atoms with Crippen LogP contribution in [0.5, 0.6) is 0 Å². The number of aliphatic hydroxyl groups excluding tert-OH is 1. The van der Waals surface area contributed by atoms with Crippen molar-refractivity contribution < 1.29 is 24.2 Å². The maximum Gasteiger partial charge on any atom is 0.311 e. The van der Waals surface area contributed by atoms with Gasteiger partial charge in [0.15, 0.2) is 0 Å². The molecule has 0 aromatic carbocycles. The number of thioether (sulfide) groups is 1. The molecular formula is C26H40N2O5S.